The molecule has 70 valence electrons. The van der Waals surface area contributed by atoms with E-state index in [2.05, 4.69) is 38.5 Å². The van der Waals surface area contributed by atoms with E-state index in [1.807, 2.05) is 18.2 Å². The number of Topliss-reactive ketones (excluding diaryl/α,β-unsaturated/α-hetero) is 1. The maximum absolute atomic E-state index is 11.1. The van der Waals surface area contributed by atoms with Crippen LogP contribution in [0.4, 0.5) is 5.69 Å². The Kier molecular flexibility index (Phi) is 3.73. The van der Waals surface area contributed by atoms with Gasteiger partial charge in [0, 0.05) is 9.26 Å². The third-order valence-corrected chi connectivity index (χ3v) is 3.49. The second kappa shape index (κ2) is 4.41. The number of carbonyl (C=O) groups is 1. The van der Waals surface area contributed by atoms with Crippen LogP contribution in [0, 0.1) is 3.57 Å². The van der Waals surface area contributed by atoms with Gasteiger partial charge in [-0.15, -0.1) is 0 Å². The number of anilines is 1. The van der Waals surface area contributed by atoms with E-state index in [-0.39, 0.29) is 10.6 Å². The van der Waals surface area contributed by atoms with Crippen molar-refractivity contribution in [3.63, 3.8) is 0 Å². The van der Waals surface area contributed by atoms with Crippen LogP contribution in [0.3, 0.4) is 0 Å². The fraction of sp³-hybridized carbons (Fsp3) is 0.222. The van der Waals surface area contributed by atoms with E-state index in [9.17, 15) is 4.79 Å². The van der Waals surface area contributed by atoms with E-state index in [1.165, 1.54) is 6.92 Å². The van der Waals surface area contributed by atoms with Gasteiger partial charge in [0.05, 0.1) is 4.83 Å². The molecule has 0 aliphatic carbocycles. The Morgan fingerprint density at radius 2 is 2.23 bits per heavy atom. The number of nitrogens with two attached hydrogens (primary N) is 1. The SMILES string of the molecule is CC(=O)C(Br)c1ccc(I)cc1N. The summed E-state index contributed by atoms with van der Waals surface area (Å²) in [6.45, 7) is 1.54. The minimum Gasteiger partial charge on any atom is -0.398 e. The smallest absolute Gasteiger partial charge is 0.147 e. The molecule has 0 heterocycles. The summed E-state index contributed by atoms with van der Waals surface area (Å²) in [6, 6.07) is 5.66. The largest absolute Gasteiger partial charge is 0.398 e. The highest BCUT2D eigenvalue weighted by molar-refractivity contribution is 14.1. The van der Waals surface area contributed by atoms with E-state index in [0.29, 0.717) is 5.69 Å². The Morgan fingerprint density at radius 3 is 2.69 bits per heavy atom. The van der Waals surface area contributed by atoms with Crippen molar-refractivity contribution in [1.82, 2.24) is 0 Å². The summed E-state index contributed by atoms with van der Waals surface area (Å²) in [4.78, 5) is 10.8. The van der Waals surface area contributed by atoms with Crippen molar-refractivity contribution in [3.05, 3.63) is 27.3 Å². The number of benzene rings is 1. The van der Waals surface area contributed by atoms with E-state index < -0.39 is 0 Å². The topological polar surface area (TPSA) is 43.1 Å². The zero-order valence-corrected chi connectivity index (χ0v) is 10.8. The van der Waals surface area contributed by atoms with Crippen LogP contribution >= 0.6 is 38.5 Å². The zero-order valence-electron chi connectivity index (χ0n) is 7.05. The van der Waals surface area contributed by atoms with Crippen LogP contribution in [0.5, 0.6) is 0 Å². The fourth-order valence-corrected chi connectivity index (χ4v) is 1.93. The molecule has 0 aliphatic heterocycles. The van der Waals surface area contributed by atoms with E-state index in [4.69, 9.17) is 5.73 Å². The number of nitrogen functional groups attached to an aromatic ring is 1. The van der Waals surface area contributed by atoms with Crippen molar-refractivity contribution in [3.8, 4) is 0 Å². The second-order valence-electron chi connectivity index (χ2n) is 2.75. The number of ketones is 1. The summed E-state index contributed by atoms with van der Waals surface area (Å²) in [7, 11) is 0. The third kappa shape index (κ3) is 2.67. The highest BCUT2D eigenvalue weighted by atomic mass is 127. The number of hydrogen-bond donors (Lipinski definition) is 1. The van der Waals surface area contributed by atoms with Crippen LogP contribution in [0.1, 0.15) is 17.3 Å². The molecule has 1 aromatic rings. The molecule has 1 rings (SSSR count). The Bertz CT molecular complexity index is 340. The van der Waals surface area contributed by atoms with Gasteiger partial charge in [-0.3, -0.25) is 4.79 Å². The van der Waals surface area contributed by atoms with E-state index in [1.54, 1.807) is 0 Å². The molecule has 0 amide bonds. The summed E-state index contributed by atoms with van der Waals surface area (Å²) in [5.41, 5.74) is 7.27. The first-order valence-corrected chi connectivity index (χ1v) is 5.71. The number of hydrogen-bond acceptors (Lipinski definition) is 2. The van der Waals surface area contributed by atoms with Crippen LogP contribution in [0.25, 0.3) is 0 Å². The van der Waals surface area contributed by atoms with Crippen LogP contribution < -0.4 is 5.73 Å². The standard InChI is InChI=1S/C9H9BrINO/c1-5(13)9(10)7-3-2-6(11)4-8(7)12/h2-4,9H,12H2,1H3. The van der Waals surface area contributed by atoms with Gasteiger partial charge >= 0.3 is 0 Å². The van der Waals surface area contributed by atoms with Crippen LogP contribution in [-0.2, 0) is 4.79 Å². The molecule has 0 spiro atoms. The van der Waals surface area contributed by atoms with Crippen molar-refractivity contribution >= 4 is 50.0 Å². The van der Waals surface area contributed by atoms with Crippen molar-refractivity contribution in [1.29, 1.82) is 0 Å². The van der Waals surface area contributed by atoms with E-state index in [0.717, 1.165) is 9.13 Å². The quantitative estimate of drug-likeness (QED) is 0.504. The first kappa shape index (κ1) is 11.0. The predicted octanol–water partition coefficient (Wildman–Crippen LogP) is 2.90. The van der Waals surface area contributed by atoms with Crippen LogP contribution in [0.15, 0.2) is 18.2 Å². The Morgan fingerprint density at radius 1 is 1.62 bits per heavy atom. The molecular weight excluding hydrogens is 345 g/mol. The van der Waals surface area contributed by atoms with Crippen molar-refractivity contribution < 1.29 is 4.79 Å². The predicted molar refractivity (Wildman–Crippen MR) is 65.9 cm³/mol. The highest BCUT2D eigenvalue weighted by Gasteiger charge is 2.14. The van der Waals surface area contributed by atoms with Gasteiger partial charge in [0.15, 0.2) is 0 Å². The third-order valence-electron chi connectivity index (χ3n) is 1.68. The lowest BCUT2D eigenvalue weighted by atomic mass is 10.1. The number of rotatable bonds is 2. The fourth-order valence-electron chi connectivity index (χ4n) is 0.995. The van der Waals surface area contributed by atoms with Gasteiger partial charge in [-0.2, -0.15) is 0 Å². The molecule has 13 heavy (non-hydrogen) atoms. The van der Waals surface area contributed by atoms with Gasteiger partial charge in [0.25, 0.3) is 0 Å². The summed E-state index contributed by atoms with van der Waals surface area (Å²) in [6.07, 6.45) is 0. The lowest BCUT2D eigenvalue weighted by molar-refractivity contribution is -0.116. The maximum Gasteiger partial charge on any atom is 0.147 e. The van der Waals surface area contributed by atoms with Gasteiger partial charge in [-0.05, 0) is 47.2 Å². The van der Waals surface area contributed by atoms with Crippen LogP contribution in [0.2, 0.25) is 0 Å². The minimum absolute atomic E-state index is 0.0629. The van der Waals surface area contributed by atoms with Gasteiger partial charge in [0.2, 0.25) is 0 Å². The molecule has 4 heteroatoms. The first-order chi connectivity index (χ1) is 6.02. The molecule has 1 aromatic carbocycles. The van der Waals surface area contributed by atoms with Crippen LogP contribution in [-0.4, -0.2) is 5.78 Å². The minimum atomic E-state index is -0.288. The van der Waals surface area contributed by atoms with Gasteiger partial charge in [-0.1, -0.05) is 22.0 Å². The summed E-state index contributed by atoms with van der Waals surface area (Å²) in [5.74, 6) is 0.0629. The Balaban J connectivity index is 3.08. The number of halogens is 2. The normalized spacial score (nSPS) is 12.5. The average molecular weight is 354 g/mol. The Labute approximate surface area is 99.2 Å². The zero-order chi connectivity index (χ0) is 10.0. The molecule has 0 radical (unpaired) electrons. The van der Waals surface area contributed by atoms with Gasteiger partial charge in [0.1, 0.15) is 5.78 Å². The molecule has 0 saturated carbocycles. The lowest BCUT2D eigenvalue weighted by Crippen LogP contribution is -2.04. The first-order valence-electron chi connectivity index (χ1n) is 3.72. The molecule has 0 aliphatic rings. The monoisotopic (exact) mass is 353 g/mol. The molecule has 1 atom stereocenters. The highest BCUT2D eigenvalue weighted by Crippen LogP contribution is 2.29. The molecular formula is C9H9BrINO. The molecule has 0 aromatic heterocycles. The number of carbonyl (C=O) groups excluding carboxylic acids is 1. The van der Waals surface area contributed by atoms with Crippen molar-refractivity contribution in [2.24, 2.45) is 0 Å². The second-order valence-corrected chi connectivity index (χ2v) is 4.91. The molecule has 0 saturated heterocycles. The summed E-state index contributed by atoms with van der Waals surface area (Å²) >= 11 is 5.48. The molecule has 2 nitrogen and oxygen atoms in total. The molecule has 0 bridgehead atoms. The van der Waals surface area contributed by atoms with Crippen molar-refractivity contribution in [2.45, 2.75) is 11.8 Å². The van der Waals surface area contributed by atoms with E-state index >= 15 is 0 Å². The maximum atomic E-state index is 11.1. The molecule has 2 N–H and O–H groups in total. The van der Waals surface area contributed by atoms with Gasteiger partial charge < -0.3 is 5.73 Å². The molecule has 1 unspecified atom stereocenters. The summed E-state index contributed by atoms with van der Waals surface area (Å²) in [5, 5.41) is 0. The average Bonchev–Trinajstić information content (AvgIpc) is 2.03. The number of alkyl halides is 1. The lowest BCUT2D eigenvalue weighted by Gasteiger charge is -2.09. The summed E-state index contributed by atoms with van der Waals surface area (Å²) < 4.78 is 1.07. The molecule has 0 fully saturated rings. The van der Waals surface area contributed by atoms with Gasteiger partial charge in [-0.25, -0.2) is 0 Å². The van der Waals surface area contributed by atoms with Crippen molar-refractivity contribution in [2.75, 3.05) is 5.73 Å². The Hall–Kier alpha value is -0.100.